The lowest BCUT2D eigenvalue weighted by atomic mass is 10.1. The van der Waals surface area contributed by atoms with Gasteiger partial charge in [-0.1, -0.05) is 311 Å². The first-order chi connectivity index (χ1) is 64.6. The summed E-state index contributed by atoms with van der Waals surface area (Å²) in [5.74, 6) is 1.50. The maximum absolute atomic E-state index is 13.4. The lowest BCUT2D eigenvalue weighted by Crippen LogP contribution is -2.38. The van der Waals surface area contributed by atoms with E-state index in [-0.39, 0.29) is 11.5 Å². The van der Waals surface area contributed by atoms with E-state index in [4.69, 9.17) is 92.3 Å². The Hall–Kier alpha value is -6.16. The van der Waals surface area contributed by atoms with E-state index < -0.39 is 17.9 Å². The number of ether oxygens (including phenoxy) is 6. The molecule has 131 heavy (non-hydrogen) atoms. The third-order valence-electron chi connectivity index (χ3n) is 21.2. The van der Waals surface area contributed by atoms with Gasteiger partial charge in [0.25, 0.3) is 11.8 Å². The van der Waals surface area contributed by atoms with Crippen LogP contribution in [0.3, 0.4) is 0 Å². The van der Waals surface area contributed by atoms with Crippen LogP contribution in [0.2, 0.25) is 0 Å². The zero-order chi connectivity index (χ0) is 94.6. The van der Waals surface area contributed by atoms with Gasteiger partial charge >= 0.3 is 5.97 Å². The van der Waals surface area contributed by atoms with E-state index in [1.807, 2.05) is 0 Å². The van der Waals surface area contributed by atoms with Gasteiger partial charge in [0.1, 0.15) is 45.7 Å². The van der Waals surface area contributed by atoms with Crippen molar-refractivity contribution in [3.63, 3.8) is 0 Å². The highest BCUT2D eigenvalue weighted by Crippen LogP contribution is 2.42. The third kappa shape index (κ3) is 80.8. The van der Waals surface area contributed by atoms with E-state index in [1.54, 1.807) is 60.7 Å². The molecule has 2 aromatic rings. The average Bonchev–Trinajstić information content (AvgIpc) is 0.818. The van der Waals surface area contributed by atoms with Gasteiger partial charge in [-0.25, -0.2) is 63.9 Å². The third-order valence-corrected chi connectivity index (χ3v) is 21.7. The number of unbranched alkanes of at least 4 members (excludes halogenated alkanes) is 48. The van der Waals surface area contributed by atoms with E-state index in [0.29, 0.717) is 171 Å². The molecule has 756 valence electrons. The Bertz CT molecular complexity index is 2840. The normalized spacial score (nSPS) is 11.4. The van der Waals surface area contributed by atoms with Crippen LogP contribution in [0.25, 0.3) is 0 Å². The minimum absolute atomic E-state index is 0.269. The van der Waals surface area contributed by atoms with Crippen molar-refractivity contribution in [1.29, 1.82) is 0 Å². The van der Waals surface area contributed by atoms with Crippen LogP contribution in [0, 0.1) is 0 Å². The first-order valence-electron chi connectivity index (χ1n) is 50.3. The van der Waals surface area contributed by atoms with Gasteiger partial charge < -0.3 is 44.2 Å². The van der Waals surface area contributed by atoms with Crippen LogP contribution in [0.1, 0.15) is 374 Å². The van der Waals surface area contributed by atoms with Gasteiger partial charge in [0.05, 0.1) is 79.3 Å². The van der Waals surface area contributed by atoms with Crippen molar-refractivity contribution in [3.8, 4) is 34.5 Å². The molecule has 2 rings (SSSR count). The number of rotatable bonds is 105. The number of carboxylic acids is 1. The van der Waals surface area contributed by atoms with Crippen LogP contribution < -0.4 is 39.1 Å². The molecule has 0 spiro atoms. The topological polar surface area (TPSA) is 300 Å². The maximum Gasteiger partial charge on any atom is 0.325 e. The van der Waals surface area contributed by atoms with Crippen LogP contribution in [-0.2, 0) is 72.8 Å². The molecular formula is C103H178N2O25S. The van der Waals surface area contributed by atoms with Gasteiger partial charge in [-0.15, -0.1) is 43.8 Å². The molecule has 1 atom stereocenters. The Morgan fingerprint density at radius 3 is 0.679 bits per heavy atom. The average molecular weight is 1880 g/mol. The molecule has 0 aromatic heterocycles. The second-order valence-corrected chi connectivity index (χ2v) is 33.7. The molecule has 2 amide bonds. The maximum atomic E-state index is 13.4. The lowest BCUT2D eigenvalue weighted by molar-refractivity contribution is -0.432. The van der Waals surface area contributed by atoms with Crippen LogP contribution in [0.5, 0.6) is 34.5 Å². The van der Waals surface area contributed by atoms with Gasteiger partial charge in [0.2, 0.25) is 11.5 Å². The predicted octanol–water partition coefficient (Wildman–Crippen LogP) is 26.5. The fraction of sp³-hybridized carbons (Fsp3) is 0.738. The van der Waals surface area contributed by atoms with E-state index in [9.17, 15) is 19.5 Å². The molecular weight excluding hydrogens is 1700 g/mol. The molecule has 0 fully saturated rings. The summed E-state index contributed by atoms with van der Waals surface area (Å²) in [6, 6.07) is 5.79. The Kier molecular flexibility index (Phi) is 93.6. The Morgan fingerprint density at radius 2 is 0.481 bits per heavy atom. The minimum Gasteiger partial charge on any atom is -0.490 e. The largest absolute Gasteiger partial charge is 0.490 e. The van der Waals surface area contributed by atoms with Gasteiger partial charge in [0.15, 0.2) is 23.0 Å². The van der Waals surface area contributed by atoms with Crippen LogP contribution in [0.4, 0.5) is 0 Å². The summed E-state index contributed by atoms with van der Waals surface area (Å²) in [5, 5.41) is 27.1. The molecule has 0 unspecified atom stereocenters. The van der Waals surface area contributed by atoms with Crippen molar-refractivity contribution < 1.29 is 121 Å². The fourth-order valence-electron chi connectivity index (χ4n) is 13.8. The molecule has 2 aromatic carbocycles. The molecule has 27 nitrogen and oxygen atoms in total. The summed E-state index contributed by atoms with van der Waals surface area (Å²) in [6.45, 7) is 32.6. The number of carbonyl (C=O) groups excluding carboxylic acids is 2. The second kappa shape index (κ2) is 99.8. The van der Waals surface area contributed by atoms with Gasteiger partial charge in [0, 0.05) is 35.5 Å². The Balaban J connectivity index is 0.00000131. The van der Waals surface area contributed by atoms with E-state index in [1.165, 1.54) is 161 Å². The monoisotopic (exact) mass is 1880 g/mol. The number of hydrogen-bond acceptors (Lipinski definition) is 25. The van der Waals surface area contributed by atoms with Crippen LogP contribution in [-0.4, -0.2) is 165 Å². The van der Waals surface area contributed by atoms with E-state index in [2.05, 4.69) is 59.5 Å². The number of aliphatic carboxylic acids is 1. The van der Waals surface area contributed by atoms with Crippen molar-refractivity contribution in [3.05, 3.63) is 111 Å². The van der Waals surface area contributed by atoms with Crippen molar-refractivity contribution in [2.24, 2.45) is 0 Å². The SMILES string of the molecule is C=CCOOCCCCCCCCCCCOc1cc(C(=O)NCCSOOO)cc(OCCCCCCCCCCCOOCC=C)c1OCCCCCCCCCCCOOCC=C.C=CCOOCCCCCCCCCCCOc1cc(C(=O)N[C@@H](C)C(=O)O)cc(OCCCCCCCCCCCOOCC=C)c1OCCCCCCCCCCCOOCC=C. The molecule has 0 bridgehead atoms. The molecule has 0 saturated heterocycles. The highest BCUT2D eigenvalue weighted by Gasteiger charge is 2.24. The molecule has 28 heteroatoms. The minimum atomic E-state index is -1.11. The van der Waals surface area contributed by atoms with Gasteiger partial charge in [-0.2, -0.15) is 0 Å². The van der Waals surface area contributed by atoms with Crippen molar-refractivity contribution >= 4 is 29.8 Å². The summed E-state index contributed by atoms with van der Waals surface area (Å²) in [6.07, 6.45) is 70.2. The summed E-state index contributed by atoms with van der Waals surface area (Å²) in [5.41, 5.74) is 0.702. The standard InChI is InChI=1S/C52H89NO12.C51H89NO13S/c1-5-35-60-63-41-32-26-20-14-8-11-17-23-29-38-57-48-44-47(51(54)53-46(4)52(55)56)45-49(58-39-30-24-18-12-9-15-21-27-33-42-64-61-36-6-2)50(48)59-40-31-25-19-13-10-16-22-28-34-43-65-62-37-7-3;1-4-35-58-61-41-31-25-19-13-7-10-16-22-28-38-55-48-45-47(51(53)52-34-44-66-65-64-54)46-49(56-39-29-23-17-11-8-14-20-26-32-42-62-59-36-5-2)50(48)57-40-30-24-18-12-9-15-21-27-33-43-63-60-37-6-3/h5-7,44-46H,1-3,8-43H2,4H3,(H,53,54)(H,55,56);4-6,45-46,54H,1-3,7-44H2,(H,52,53)/t46-;/m0./s1. The Labute approximate surface area is 794 Å². The van der Waals surface area contributed by atoms with Crippen LogP contribution >= 0.6 is 12.0 Å². The van der Waals surface area contributed by atoms with Crippen LogP contribution in [0.15, 0.2) is 100 Å². The van der Waals surface area contributed by atoms with Crippen molar-refractivity contribution in [2.45, 2.75) is 360 Å². The highest BCUT2D eigenvalue weighted by atomic mass is 32.2. The second-order valence-electron chi connectivity index (χ2n) is 32.9. The van der Waals surface area contributed by atoms with Gasteiger partial charge in [-0.05, 0) is 108 Å². The number of carbonyl (C=O) groups is 3. The zero-order valence-electron chi connectivity index (χ0n) is 81.1. The smallest absolute Gasteiger partial charge is 0.325 e. The summed E-state index contributed by atoms with van der Waals surface area (Å²) < 4.78 is 42.9. The number of nitrogens with one attached hydrogen (secondary N) is 2. The highest BCUT2D eigenvalue weighted by molar-refractivity contribution is 7.94. The Morgan fingerprint density at radius 1 is 0.290 bits per heavy atom. The molecule has 0 heterocycles. The first-order valence-corrected chi connectivity index (χ1v) is 51.2. The molecule has 0 aliphatic heterocycles. The van der Waals surface area contributed by atoms with E-state index in [0.717, 1.165) is 205 Å². The summed E-state index contributed by atoms with van der Waals surface area (Å²) in [7, 11) is 0. The predicted molar refractivity (Wildman–Crippen MR) is 522 cm³/mol. The van der Waals surface area contributed by atoms with E-state index >= 15 is 0 Å². The number of carboxylic acid groups (broad SMARTS) is 1. The first kappa shape index (κ1) is 123. The molecule has 0 radical (unpaired) electrons. The summed E-state index contributed by atoms with van der Waals surface area (Å²) >= 11 is 0.889. The van der Waals surface area contributed by atoms with Gasteiger partial charge in [-0.3, -0.25) is 14.4 Å². The summed E-state index contributed by atoms with van der Waals surface area (Å²) in [4.78, 5) is 98.9. The molecule has 0 saturated carbocycles. The van der Waals surface area contributed by atoms with Crippen molar-refractivity contribution in [1.82, 2.24) is 10.6 Å². The number of amides is 2. The zero-order valence-corrected chi connectivity index (χ0v) is 81.9. The van der Waals surface area contributed by atoms with Crippen molar-refractivity contribution in [2.75, 3.05) is 131 Å². The number of hydrogen-bond donors (Lipinski definition) is 4. The lowest BCUT2D eigenvalue weighted by Gasteiger charge is -2.19. The molecule has 4 N–H and O–H groups in total. The molecule has 0 aliphatic carbocycles. The fourth-order valence-corrected chi connectivity index (χ4v) is 14.1. The number of benzene rings is 2. The molecule has 0 aliphatic rings. The quantitative estimate of drug-likeness (QED) is 0.0157.